The molecule has 0 aromatic carbocycles. The molecule has 0 aromatic heterocycles. The first-order chi connectivity index (χ1) is 8.36. The Morgan fingerprint density at radius 2 is 1.76 bits per heavy atom. The SMILES string of the molecule is CC(CNC1CCCCCC1)N1CCNCC1. The van der Waals surface area contributed by atoms with Crippen molar-refractivity contribution in [2.24, 2.45) is 0 Å². The first kappa shape index (κ1) is 13.3. The van der Waals surface area contributed by atoms with Crippen molar-refractivity contribution < 1.29 is 0 Å². The van der Waals surface area contributed by atoms with Gasteiger partial charge in [0.25, 0.3) is 0 Å². The largest absolute Gasteiger partial charge is 0.314 e. The Hall–Kier alpha value is -0.120. The van der Waals surface area contributed by atoms with Crippen molar-refractivity contribution in [3.63, 3.8) is 0 Å². The molecule has 0 spiro atoms. The van der Waals surface area contributed by atoms with Gasteiger partial charge in [0.2, 0.25) is 0 Å². The molecule has 1 saturated carbocycles. The fourth-order valence-electron chi connectivity index (χ4n) is 3.07. The van der Waals surface area contributed by atoms with Crippen LogP contribution in [0.2, 0.25) is 0 Å². The second-order valence-electron chi connectivity index (χ2n) is 5.73. The lowest BCUT2D eigenvalue weighted by Gasteiger charge is -2.33. The maximum Gasteiger partial charge on any atom is 0.0193 e. The van der Waals surface area contributed by atoms with E-state index in [1.807, 2.05) is 0 Å². The third kappa shape index (κ3) is 4.57. The van der Waals surface area contributed by atoms with Crippen LogP contribution in [-0.4, -0.2) is 49.7 Å². The number of nitrogens with one attached hydrogen (secondary N) is 2. The summed E-state index contributed by atoms with van der Waals surface area (Å²) in [4.78, 5) is 2.61. The third-order valence-electron chi connectivity index (χ3n) is 4.33. The smallest absolute Gasteiger partial charge is 0.0193 e. The highest BCUT2D eigenvalue weighted by Crippen LogP contribution is 2.17. The summed E-state index contributed by atoms with van der Waals surface area (Å²) in [6, 6.07) is 1.49. The highest BCUT2D eigenvalue weighted by Gasteiger charge is 2.18. The van der Waals surface area contributed by atoms with Gasteiger partial charge < -0.3 is 10.6 Å². The maximum absolute atomic E-state index is 3.80. The van der Waals surface area contributed by atoms with E-state index >= 15 is 0 Å². The summed E-state index contributed by atoms with van der Waals surface area (Å²) < 4.78 is 0. The van der Waals surface area contributed by atoms with E-state index in [0.29, 0.717) is 6.04 Å². The summed E-state index contributed by atoms with van der Waals surface area (Å²) in [5.74, 6) is 0. The van der Waals surface area contributed by atoms with Gasteiger partial charge in [0.1, 0.15) is 0 Å². The van der Waals surface area contributed by atoms with Gasteiger partial charge in [-0.25, -0.2) is 0 Å². The molecule has 3 nitrogen and oxygen atoms in total. The molecule has 1 atom stereocenters. The summed E-state index contributed by atoms with van der Waals surface area (Å²) in [6.45, 7) is 8.29. The van der Waals surface area contributed by atoms with E-state index in [4.69, 9.17) is 0 Å². The summed E-state index contributed by atoms with van der Waals surface area (Å²) in [5, 5.41) is 7.22. The predicted octanol–water partition coefficient (Wildman–Crippen LogP) is 1.59. The Morgan fingerprint density at radius 3 is 2.41 bits per heavy atom. The van der Waals surface area contributed by atoms with Crippen molar-refractivity contribution in [3.05, 3.63) is 0 Å². The fourth-order valence-corrected chi connectivity index (χ4v) is 3.07. The third-order valence-corrected chi connectivity index (χ3v) is 4.33. The summed E-state index contributed by atoms with van der Waals surface area (Å²) in [7, 11) is 0. The molecule has 0 radical (unpaired) electrons. The molecule has 2 aliphatic rings. The van der Waals surface area contributed by atoms with Crippen molar-refractivity contribution in [2.45, 2.75) is 57.5 Å². The molecule has 17 heavy (non-hydrogen) atoms. The zero-order valence-corrected chi connectivity index (χ0v) is 11.4. The summed E-state index contributed by atoms with van der Waals surface area (Å²) in [5.41, 5.74) is 0. The van der Waals surface area contributed by atoms with E-state index in [0.717, 1.165) is 19.1 Å². The van der Waals surface area contributed by atoms with Gasteiger partial charge in [-0.3, -0.25) is 4.90 Å². The minimum atomic E-state index is 0.695. The van der Waals surface area contributed by atoms with Gasteiger partial charge in [0.15, 0.2) is 0 Å². The molecule has 1 saturated heterocycles. The fraction of sp³-hybridized carbons (Fsp3) is 1.00. The lowest BCUT2D eigenvalue weighted by Crippen LogP contribution is -2.51. The number of rotatable bonds is 4. The van der Waals surface area contributed by atoms with Gasteiger partial charge in [0, 0.05) is 44.8 Å². The monoisotopic (exact) mass is 239 g/mol. The normalized spacial score (nSPS) is 26.6. The molecule has 0 bridgehead atoms. The highest BCUT2D eigenvalue weighted by atomic mass is 15.2. The first-order valence-corrected chi connectivity index (χ1v) is 7.54. The quantitative estimate of drug-likeness (QED) is 0.730. The Kier molecular flexibility index (Phi) is 5.75. The van der Waals surface area contributed by atoms with Gasteiger partial charge >= 0.3 is 0 Å². The van der Waals surface area contributed by atoms with E-state index in [1.54, 1.807) is 0 Å². The van der Waals surface area contributed by atoms with Crippen LogP contribution in [0.1, 0.15) is 45.4 Å². The van der Waals surface area contributed by atoms with Crippen LogP contribution in [0.5, 0.6) is 0 Å². The number of nitrogens with zero attached hydrogens (tertiary/aromatic N) is 1. The predicted molar refractivity (Wildman–Crippen MR) is 73.4 cm³/mol. The summed E-state index contributed by atoms with van der Waals surface area (Å²) in [6.07, 6.45) is 8.55. The molecule has 1 aliphatic carbocycles. The standard InChI is InChI=1S/C14H29N3/c1-13(17-10-8-15-9-11-17)12-16-14-6-4-2-3-5-7-14/h13-16H,2-12H2,1H3. The van der Waals surface area contributed by atoms with Crippen molar-refractivity contribution in [2.75, 3.05) is 32.7 Å². The van der Waals surface area contributed by atoms with E-state index in [2.05, 4.69) is 22.5 Å². The Morgan fingerprint density at radius 1 is 1.12 bits per heavy atom. The van der Waals surface area contributed by atoms with Gasteiger partial charge in [-0.15, -0.1) is 0 Å². The molecule has 2 N–H and O–H groups in total. The molecule has 3 heteroatoms. The van der Waals surface area contributed by atoms with Crippen LogP contribution in [0.4, 0.5) is 0 Å². The second-order valence-corrected chi connectivity index (χ2v) is 5.73. The molecular weight excluding hydrogens is 210 g/mol. The van der Waals surface area contributed by atoms with Crippen LogP contribution in [-0.2, 0) is 0 Å². The van der Waals surface area contributed by atoms with Crippen LogP contribution in [0.25, 0.3) is 0 Å². The van der Waals surface area contributed by atoms with E-state index in [1.165, 1.54) is 58.2 Å². The average Bonchev–Trinajstić information content (AvgIpc) is 2.65. The number of piperazine rings is 1. The van der Waals surface area contributed by atoms with Crippen LogP contribution >= 0.6 is 0 Å². The topological polar surface area (TPSA) is 27.3 Å². The van der Waals surface area contributed by atoms with Crippen LogP contribution in [0, 0.1) is 0 Å². The first-order valence-electron chi connectivity index (χ1n) is 7.54. The molecule has 2 rings (SSSR count). The van der Waals surface area contributed by atoms with Crippen molar-refractivity contribution >= 4 is 0 Å². The Bertz CT molecular complexity index is 194. The van der Waals surface area contributed by atoms with Crippen LogP contribution in [0.3, 0.4) is 0 Å². The molecule has 1 unspecified atom stereocenters. The van der Waals surface area contributed by atoms with Gasteiger partial charge in [0.05, 0.1) is 0 Å². The average molecular weight is 239 g/mol. The second kappa shape index (κ2) is 7.34. The summed E-state index contributed by atoms with van der Waals surface area (Å²) >= 11 is 0. The van der Waals surface area contributed by atoms with Gasteiger partial charge in [-0.05, 0) is 19.8 Å². The molecule has 1 heterocycles. The zero-order chi connectivity index (χ0) is 11.9. The minimum Gasteiger partial charge on any atom is -0.314 e. The number of hydrogen-bond acceptors (Lipinski definition) is 3. The van der Waals surface area contributed by atoms with Crippen LogP contribution in [0.15, 0.2) is 0 Å². The number of hydrogen-bond donors (Lipinski definition) is 2. The Balaban J connectivity index is 1.65. The molecule has 100 valence electrons. The lowest BCUT2D eigenvalue weighted by atomic mass is 10.1. The van der Waals surface area contributed by atoms with Crippen LogP contribution < -0.4 is 10.6 Å². The van der Waals surface area contributed by atoms with Gasteiger partial charge in [-0.1, -0.05) is 25.7 Å². The molecule has 1 aliphatic heterocycles. The maximum atomic E-state index is 3.80. The molecule has 0 amide bonds. The van der Waals surface area contributed by atoms with E-state index in [9.17, 15) is 0 Å². The molecular formula is C14H29N3. The minimum absolute atomic E-state index is 0.695. The lowest BCUT2D eigenvalue weighted by molar-refractivity contribution is 0.176. The zero-order valence-electron chi connectivity index (χ0n) is 11.4. The highest BCUT2D eigenvalue weighted by molar-refractivity contribution is 4.78. The van der Waals surface area contributed by atoms with Crippen molar-refractivity contribution in [1.82, 2.24) is 15.5 Å². The molecule has 0 aromatic rings. The van der Waals surface area contributed by atoms with Crippen molar-refractivity contribution in [3.8, 4) is 0 Å². The van der Waals surface area contributed by atoms with E-state index < -0.39 is 0 Å². The molecule has 2 fully saturated rings. The van der Waals surface area contributed by atoms with Gasteiger partial charge in [-0.2, -0.15) is 0 Å². The Labute approximate surface area is 106 Å². The van der Waals surface area contributed by atoms with Crippen molar-refractivity contribution in [1.29, 1.82) is 0 Å². The van der Waals surface area contributed by atoms with E-state index in [-0.39, 0.29) is 0 Å².